The number of pyridine rings is 1. The number of nitrogens with two attached hydrogens (primary N) is 1. The first-order chi connectivity index (χ1) is 14.9. The zero-order chi connectivity index (χ0) is 23.7. The van der Waals surface area contributed by atoms with E-state index in [-0.39, 0.29) is 17.9 Å². The van der Waals surface area contributed by atoms with E-state index in [0.29, 0.717) is 16.9 Å². The quantitative estimate of drug-likeness (QED) is 0.259. The second-order valence-electron chi connectivity index (χ2n) is 6.93. The predicted octanol–water partition coefficient (Wildman–Crippen LogP) is 4.33. The summed E-state index contributed by atoms with van der Waals surface area (Å²) in [5.41, 5.74) is 2.60. The molecule has 0 fully saturated rings. The molecule has 0 aliphatic carbocycles. The van der Waals surface area contributed by atoms with Crippen LogP contribution in [0.3, 0.4) is 0 Å². The highest BCUT2D eigenvalue weighted by Gasteiger charge is 2.45. The van der Waals surface area contributed by atoms with Crippen LogP contribution in [-0.4, -0.2) is 0 Å². The van der Waals surface area contributed by atoms with E-state index in [1.54, 1.807) is 0 Å². The highest BCUT2D eigenvalue weighted by atomic mass is 31.2. The van der Waals surface area contributed by atoms with Gasteiger partial charge in [0.1, 0.15) is 0 Å². The Labute approximate surface area is 179 Å². The molecule has 0 spiro atoms. The second-order valence-corrected chi connectivity index (χ2v) is 9.69. The number of aromatic nitrogens is 1. The van der Waals surface area contributed by atoms with Crippen LogP contribution < -0.4 is 21.1 Å². The van der Waals surface area contributed by atoms with Crippen LogP contribution in [0.5, 0.6) is 0 Å². The molecule has 1 aromatic heterocycles. The van der Waals surface area contributed by atoms with Gasteiger partial charge in [0, 0.05) is 22.7 Å². The monoisotopic (exact) mass is 474 g/mol. The summed E-state index contributed by atoms with van der Waals surface area (Å²) in [5, 5.41) is 11.0. The van der Waals surface area contributed by atoms with Crippen molar-refractivity contribution < 1.29 is 35.6 Å². The Bertz CT molecular complexity index is 1120. The molecule has 3 rings (SSSR count). The molecule has 11 heteroatoms. The summed E-state index contributed by atoms with van der Waals surface area (Å²) in [5.74, 6) is 0. The molecule has 0 bridgehead atoms. The van der Waals surface area contributed by atoms with E-state index >= 15 is 0 Å². The molecular weight excluding hydrogens is 457 g/mol. The van der Waals surface area contributed by atoms with Crippen LogP contribution in [0.4, 0.5) is 26.3 Å². The van der Waals surface area contributed by atoms with Crippen LogP contribution in [0.1, 0.15) is 22.5 Å². The maximum atomic E-state index is 14.3. The zero-order valence-corrected chi connectivity index (χ0v) is 17.2. The standard InChI is InChI=1S/C21H17F6N2O2P/c22-20(23,24)16-8-1-3-10-18(16)32(31,13-15-7-5-6-14(12-28)29(15)30)19-11-4-2-9-17(19)21(25,26)27/h1-11H,12-13,28H2. The minimum absolute atomic E-state index is 0.0299. The summed E-state index contributed by atoms with van der Waals surface area (Å²) in [6.07, 6.45) is -10.8. The van der Waals surface area contributed by atoms with Gasteiger partial charge in [0.2, 0.25) is 11.4 Å². The molecule has 3 aromatic rings. The fourth-order valence-corrected chi connectivity index (χ4v) is 6.57. The Morgan fingerprint density at radius 2 is 1.19 bits per heavy atom. The Morgan fingerprint density at radius 1 is 0.750 bits per heavy atom. The molecule has 170 valence electrons. The maximum Gasteiger partial charge on any atom is 0.417 e. The van der Waals surface area contributed by atoms with E-state index in [2.05, 4.69) is 0 Å². The fourth-order valence-electron chi connectivity index (χ4n) is 3.44. The van der Waals surface area contributed by atoms with Gasteiger partial charge in [0.15, 0.2) is 7.14 Å². The molecule has 2 N–H and O–H groups in total. The number of alkyl halides is 6. The van der Waals surface area contributed by atoms with Gasteiger partial charge >= 0.3 is 12.4 Å². The number of rotatable bonds is 5. The van der Waals surface area contributed by atoms with Crippen molar-refractivity contribution in [1.29, 1.82) is 0 Å². The van der Waals surface area contributed by atoms with Gasteiger partial charge < -0.3 is 15.5 Å². The molecule has 2 aromatic carbocycles. The fraction of sp³-hybridized carbons (Fsp3) is 0.190. The molecule has 0 atom stereocenters. The van der Waals surface area contributed by atoms with Crippen LogP contribution in [0.2, 0.25) is 0 Å². The smallest absolute Gasteiger partial charge is 0.417 e. The third-order valence-corrected chi connectivity index (χ3v) is 8.00. The van der Waals surface area contributed by atoms with Crippen molar-refractivity contribution in [2.75, 3.05) is 0 Å². The lowest BCUT2D eigenvalue weighted by Crippen LogP contribution is -2.39. The summed E-state index contributed by atoms with van der Waals surface area (Å²) in [6.45, 7) is -0.222. The van der Waals surface area contributed by atoms with E-state index in [1.165, 1.54) is 18.2 Å². The Kier molecular flexibility index (Phi) is 6.40. The number of nitrogens with zero attached hydrogens (tertiary/aromatic N) is 1. The van der Waals surface area contributed by atoms with Crippen molar-refractivity contribution in [2.24, 2.45) is 5.73 Å². The highest BCUT2D eigenvalue weighted by Crippen LogP contribution is 2.51. The Morgan fingerprint density at radius 3 is 1.62 bits per heavy atom. The second kappa shape index (κ2) is 8.60. The third kappa shape index (κ3) is 4.52. The molecule has 0 aliphatic heterocycles. The van der Waals surface area contributed by atoms with Crippen molar-refractivity contribution >= 4 is 17.8 Å². The average Bonchev–Trinajstić information content (AvgIpc) is 2.74. The van der Waals surface area contributed by atoms with Crippen molar-refractivity contribution in [1.82, 2.24) is 0 Å². The summed E-state index contributed by atoms with van der Waals surface area (Å²) >= 11 is 0. The number of hydrogen-bond donors (Lipinski definition) is 1. The molecule has 0 saturated carbocycles. The molecule has 32 heavy (non-hydrogen) atoms. The van der Waals surface area contributed by atoms with E-state index < -0.39 is 47.4 Å². The highest BCUT2D eigenvalue weighted by molar-refractivity contribution is 7.78. The van der Waals surface area contributed by atoms with Gasteiger partial charge in [-0.25, -0.2) is 0 Å². The van der Waals surface area contributed by atoms with Crippen LogP contribution in [0.25, 0.3) is 0 Å². The lowest BCUT2D eigenvalue weighted by molar-refractivity contribution is -0.621. The minimum Gasteiger partial charge on any atom is -0.618 e. The molecule has 4 nitrogen and oxygen atoms in total. The lowest BCUT2D eigenvalue weighted by atomic mass is 10.2. The first-order valence-electron chi connectivity index (χ1n) is 9.22. The molecule has 1 heterocycles. The summed E-state index contributed by atoms with van der Waals surface area (Å²) < 4.78 is 97.0. The number of halogens is 6. The van der Waals surface area contributed by atoms with Gasteiger partial charge in [-0.3, -0.25) is 0 Å². The van der Waals surface area contributed by atoms with Crippen molar-refractivity contribution in [3.05, 3.63) is 94.5 Å². The lowest BCUT2D eigenvalue weighted by Gasteiger charge is -2.25. The van der Waals surface area contributed by atoms with Crippen LogP contribution >= 0.6 is 7.14 Å². The average molecular weight is 474 g/mol. The first kappa shape index (κ1) is 23.8. The van der Waals surface area contributed by atoms with Gasteiger partial charge in [-0.15, -0.1) is 0 Å². The van der Waals surface area contributed by atoms with Gasteiger partial charge in [-0.05, 0) is 18.2 Å². The summed E-state index contributed by atoms with van der Waals surface area (Å²) in [6, 6.07) is 11.4. The number of hydrogen-bond acceptors (Lipinski definition) is 3. The van der Waals surface area contributed by atoms with E-state index in [1.807, 2.05) is 0 Å². The zero-order valence-electron chi connectivity index (χ0n) is 16.3. The van der Waals surface area contributed by atoms with Gasteiger partial charge in [-0.1, -0.05) is 36.4 Å². The van der Waals surface area contributed by atoms with E-state index in [4.69, 9.17) is 5.73 Å². The number of benzene rings is 2. The SMILES string of the molecule is NCc1cccc(CP(=O)(c2ccccc2C(F)(F)F)c2ccccc2C(F)(F)F)[n+]1[O-]. The summed E-state index contributed by atoms with van der Waals surface area (Å²) in [4.78, 5) is 0. The van der Waals surface area contributed by atoms with Crippen LogP contribution in [0.15, 0.2) is 66.7 Å². The normalized spacial score (nSPS) is 12.7. The Balaban J connectivity index is 2.37. The van der Waals surface area contributed by atoms with Crippen LogP contribution in [-0.2, 0) is 29.6 Å². The molecule has 0 saturated heterocycles. The summed E-state index contributed by atoms with van der Waals surface area (Å²) in [7, 11) is -4.67. The predicted molar refractivity (Wildman–Crippen MR) is 107 cm³/mol. The first-order valence-corrected chi connectivity index (χ1v) is 11.1. The van der Waals surface area contributed by atoms with Crippen molar-refractivity contribution in [2.45, 2.75) is 25.1 Å². The molecule has 0 radical (unpaired) electrons. The third-order valence-electron chi connectivity index (χ3n) is 4.89. The minimum atomic E-state index is -4.98. The molecule has 0 amide bonds. The largest absolute Gasteiger partial charge is 0.618 e. The van der Waals surface area contributed by atoms with Crippen LogP contribution in [0, 0.1) is 5.21 Å². The molecule has 0 unspecified atom stereocenters. The van der Waals surface area contributed by atoms with Gasteiger partial charge in [0.25, 0.3) is 0 Å². The van der Waals surface area contributed by atoms with Gasteiger partial charge in [-0.2, -0.15) is 31.1 Å². The molecular formula is C21H17F6N2O2P. The van der Waals surface area contributed by atoms with Crippen molar-refractivity contribution in [3.8, 4) is 0 Å². The molecule has 0 aliphatic rings. The topological polar surface area (TPSA) is 70.0 Å². The van der Waals surface area contributed by atoms with Gasteiger partial charge in [0.05, 0.1) is 23.8 Å². The Hall–Kier alpha value is -2.84. The van der Waals surface area contributed by atoms with E-state index in [0.717, 1.165) is 36.4 Å². The van der Waals surface area contributed by atoms with Crippen molar-refractivity contribution in [3.63, 3.8) is 0 Å². The van der Waals surface area contributed by atoms with E-state index in [9.17, 15) is 36.1 Å². The maximum absolute atomic E-state index is 14.3.